The summed E-state index contributed by atoms with van der Waals surface area (Å²) < 4.78 is 6.01. The number of carbonyl (C=O) groups excluding carboxylic acids is 2. The zero-order valence-corrected chi connectivity index (χ0v) is 22.0. The van der Waals surface area contributed by atoms with E-state index in [0.717, 1.165) is 40.4 Å². The van der Waals surface area contributed by atoms with Gasteiger partial charge in [-0.1, -0.05) is 82.3 Å². The van der Waals surface area contributed by atoms with Crippen LogP contribution in [0.25, 0.3) is 0 Å². The molecule has 1 heterocycles. The Morgan fingerprint density at radius 1 is 0.973 bits per heavy atom. The van der Waals surface area contributed by atoms with Crippen LogP contribution in [0.2, 0.25) is 0 Å². The molecule has 190 valence electrons. The van der Waals surface area contributed by atoms with Crippen molar-refractivity contribution in [2.45, 2.75) is 53.2 Å². The number of rotatable bonds is 5. The van der Waals surface area contributed by atoms with Gasteiger partial charge in [-0.05, 0) is 47.2 Å². The highest BCUT2D eigenvalue weighted by atomic mass is 16.5. The largest absolute Gasteiger partial charge is 0.489 e. The van der Waals surface area contributed by atoms with Gasteiger partial charge in [-0.3, -0.25) is 14.5 Å². The fourth-order valence-corrected chi connectivity index (χ4v) is 5.31. The topological polar surface area (TPSA) is 58.6 Å². The number of allylic oxidation sites excluding steroid dienone is 1. The average Bonchev–Trinajstić information content (AvgIpc) is 3.01. The van der Waals surface area contributed by atoms with Crippen molar-refractivity contribution in [2.75, 3.05) is 10.2 Å². The van der Waals surface area contributed by atoms with Crippen LogP contribution in [0.4, 0.5) is 11.4 Å². The van der Waals surface area contributed by atoms with Gasteiger partial charge in [0, 0.05) is 23.6 Å². The minimum Gasteiger partial charge on any atom is -0.489 e. The fraction of sp³-hybridized carbons (Fsp3) is 0.312. The minimum absolute atomic E-state index is 0.0185. The van der Waals surface area contributed by atoms with Crippen LogP contribution < -0.4 is 15.0 Å². The molecular weight excluding hydrogens is 460 g/mol. The van der Waals surface area contributed by atoms with Crippen LogP contribution in [0.15, 0.2) is 90.1 Å². The second-order valence-electron chi connectivity index (χ2n) is 11.1. The Bertz CT molecular complexity index is 1340. The van der Waals surface area contributed by atoms with Gasteiger partial charge in [0.25, 0.3) is 0 Å². The lowest BCUT2D eigenvalue weighted by Gasteiger charge is -2.37. The van der Waals surface area contributed by atoms with E-state index in [4.69, 9.17) is 4.74 Å². The summed E-state index contributed by atoms with van der Waals surface area (Å²) in [4.78, 5) is 29.3. The third-order valence-electron chi connectivity index (χ3n) is 7.08. The highest BCUT2D eigenvalue weighted by molar-refractivity contribution is 6.06. The van der Waals surface area contributed by atoms with Crippen LogP contribution in [0, 0.1) is 11.3 Å². The lowest BCUT2D eigenvalue weighted by Crippen LogP contribution is -2.41. The number of ketones is 1. The Hall–Kier alpha value is -3.86. The van der Waals surface area contributed by atoms with E-state index >= 15 is 0 Å². The van der Waals surface area contributed by atoms with E-state index in [2.05, 4.69) is 19.2 Å². The number of nitrogens with zero attached hydrogens (tertiary/aromatic N) is 1. The Kier molecular flexibility index (Phi) is 6.63. The summed E-state index contributed by atoms with van der Waals surface area (Å²) in [5.41, 5.74) is 5.05. The molecule has 1 amide bonds. The third-order valence-corrected chi connectivity index (χ3v) is 7.08. The van der Waals surface area contributed by atoms with Crippen molar-refractivity contribution in [2.24, 2.45) is 11.3 Å². The molecule has 0 spiro atoms. The number of fused-ring (bicyclic) bond motifs is 1. The summed E-state index contributed by atoms with van der Waals surface area (Å²) in [5, 5.41) is 3.56. The van der Waals surface area contributed by atoms with Gasteiger partial charge in [-0.25, -0.2) is 0 Å². The molecule has 3 aromatic carbocycles. The van der Waals surface area contributed by atoms with Crippen molar-refractivity contribution in [3.63, 3.8) is 0 Å². The zero-order chi connectivity index (χ0) is 26.2. The normalized spacial score (nSPS) is 18.6. The summed E-state index contributed by atoms with van der Waals surface area (Å²) in [5.74, 6) is 0.575. The molecule has 3 aromatic rings. The van der Waals surface area contributed by atoms with E-state index in [0.29, 0.717) is 18.6 Å². The van der Waals surface area contributed by atoms with Crippen molar-refractivity contribution in [1.82, 2.24) is 0 Å². The molecule has 0 saturated carbocycles. The van der Waals surface area contributed by atoms with Crippen LogP contribution >= 0.6 is 0 Å². The molecule has 0 radical (unpaired) electrons. The van der Waals surface area contributed by atoms with Crippen LogP contribution in [-0.4, -0.2) is 11.7 Å². The number of Topliss-reactive ketones (excluding diaryl/α,β-unsaturated/α-hetero) is 1. The van der Waals surface area contributed by atoms with Gasteiger partial charge in [-0.2, -0.15) is 0 Å². The SMILES string of the molecule is CC(C)C(=O)N1c2ccccc2NC2=C(C(=O)CC(C)(C)C2)C1c1ccc(OCc2ccccc2)cc1. The van der Waals surface area contributed by atoms with Crippen molar-refractivity contribution in [3.05, 3.63) is 101 Å². The van der Waals surface area contributed by atoms with Gasteiger partial charge in [0.2, 0.25) is 5.91 Å². The molecule has 1 atom stereocenters. The average molecular weight is 495 g/mol. The Morgan fingerprint density at radius 3 is 2.35 bits per heavy atom. The second-order valence-corrected chi connectivity index (χ2v) is 11.1. The summed E-state index contributed by atoms with van der Waals surface area (Å²) in [6, 6.07) is 25.2. The van der Waals surface area contributed by atoms with Gasteiger partial charge in [0.1, 0.15) is 12.4 Å². The van der Waals surface area contributed by atoms with E-state index in [1.165, 1.54) is 0 Å². The summed E-state index contributed by atoms with van der Waals surface area (Å²) in [7, 11) is 0. The first kappa shape index (κ1) is 24.8. The summed E-state index contributed by atoms with van der Waals surface area (Å²) in [6.07, 6.45) is 1.18. The highest BCUT2D eigenvalue weighted by Gasteiger charge is 2.43. The monoisotopic (exact) mass is 494 g/mol. The zero-order valence-electron chi connectivity index (χ0n) is 22.0. The predicted octanol–water partition coefficient (Wildman–Crippen LogP) is 7.06. The van der Waals surface area contributed by atoms with Crippen LogP contribution in [0.3, 0.4) is 0 Å². The first-order chi connectivity index (χ1) is 17.7. The molecule has 1 N–H and O–H groups in total. The van der Waals surface area contributed by atoms with Gasteiger partial charge < -0.3 is 10.1 Å². The molecular formula is C32H34N2O3. The first-order valence-electron chi connectivity index (χ1n) is 13.0. The predicted molar refractivity (Wildman–Crippen MR) is 147 cm³/mol. The number of amides is 1. The Morgan fingerprint density at radius 2 is 1.65 bits per heavy atom. The van der Waals surface area contributed by atoms with E-state index in [-0.39, 0.29) is 23.0 Å². The quantitative estimate of drug-likeness (QED) is 0.412. The fourth-order valence-electron chi connectivity index (χ4n) is 5.31. The maximum atomic E-state index is 13.8. The molecule has 0 fully saturated rings. The number of hydrogen-bond donors (Lipinski definition) is 1. The standard InChI is InChI=1S/C32H34N2O3/c1-21(2)31(36)34-27-13-9-8-12-25(27)33-26-18-32(3,4)19-28(35)29(26)30(34)23-14-16-24(17-15-23)37-20-22-10-6-5-7-11-22/h5-17,21,30,33H,18-20H2,1-4H3. The van der Waals surface area contributed by atoms with Crippen molar-refractivity contribution < 1.29 is 14.3 Å². The summed E-state index contributed by atoms with van der Waals surface area (Å²) >= 11 is 0. The van der Waals surface area contributed by atoms with Gasteiger partial charge in [0.15, 0.2) is 5.78 Å². The van der Waals surface area contributed by atoms with Crippen LogP contribution in [-0.2, 0) is 16.2 Å². The van der Waals surface area contributed by atoms with Crippen molar-refractivity contribution >= 4 is 23.1 Å². The molecule has 0 aromatic heterocycles. The second kappa shape index (κ2) is 9.89. The van der Waals surface area contributed by atoms with E-state index in [1.54, 1.807) is 0 Å². The number of ether oxygens (including phenoxy) is 1. The molecule has 1 aliphatic carbocycles. The maximum absolute atomic E-state index is 13.8. The molecule has 0 saturated heterocycles. The molecule has 5 heteroatoms. The lowest BCUT2D eigenvalue weighted by molar-refractivity contribution is -0.122. The smallest absolute Gasteiger partial charge is 0.230 e. The van der Waals surface area contributed by atoms with E-state index in [1.807, 2.05) is 97.6 Å². The number of carbonyl (C=O) groups is 2. The minimum atomic E-state index is -0.521. The molecule has 37 heavy (non-hydrogen) atoms. The van der Waals surface area contributed by atoms with Crippen molar-refractivity contribution in [3.8, 4) is 5.75 Å². The van der Waals surface area contributed by atoms with Gasteiger partial charge >= 0.3 is 0 Å². The number of nitrogens with one attached hydrogen (secondary N) is 1. The maximum Gasteiger partial charge on any atom is 0.230 e. The number of para-hydroxylation sites is 2. The molecule has 2 aliphatic rings. The van der Waals surface area contributed by atoms with Gasteiger partial charge in [-0.15, -0.1) is 0 Å². The molecule has 5 nitrogen and oxygen atoms in total. The third kappa shape index (κ3) is 5.04. The molecule has 5 rings (SSSR count). The first-order valence-corrected chi connectivity index (χ1v) is 13.0. The molecule has 1 unspecified atom stereocenters. The number of anilines is 2. The molecule has 1 aliphatic heterocycles. The number of hydrogen-bond acceptors (Lipinski definition) is 4. The Labute approximate surface area is 219 Å². The lowest BCUT2D eigenvalue weighted by atomic mass is 9.73. The Balaban J connectivity index is 1.59. The van der Waals surface area contributed by atoms with Crippen LogP contribution in [0.5, 0.6) is 5.75 Å². The number of benzene rings is 3. The van der Waals surface area contributed by atoms with Crippen LogP contribution in [0.1, 0.15) is 57.7 Å². The van der Waals surface area contributed by atoms with Gasteiger partial charge in [0.05, 0.1) is 17.4 Å². The van der Waals surface area contributed by atoms with Crippen molar-refractivity contribution in [1.29, 1.82) is 0 Å². The van der Waals surface area contributed by atoms with E-state index < -0.39 is 6.04 Å². The van der Waals surface area contributed by atoms with E-state index in [9.17, 15) is 9.59 Å². The highest BCUT2D eigenvalue weighted by Crippen LogP contribution is 2.48. The molecule has 0 bridgehead atoms. The summed E-state index contributed by atoms with van der Waals surface area (Å²) in [6.45, 7) is 8.53.